The minimum Gasteiger partial charge on any atom is -0.342 e. The van der Waals surface area contributed by atoms with Gasteiger partial charge in [0.1, 0.15) is 11.9 Å². The maximum Gasteiger partial charge on any atom is 0.224 e. The van der Waals surface area contributed by atoms with Crippen LogP contribution in [0, 0.1) is 11.8 Å². The quantitative estimate of drug-likeness (QED) is 0.745. The highest BCUT2D eigenvalue weighted by Crippen LogP contribution is 2.26. The number of hydrogen-bond donors (Lipinski definition) is 2. The zero-order valence-electron chi connectivity index (χ0n) is 15.1. The van der Waals surface area contributed by atoms with Crippen molar-refractivity contribution < 1.29 is 4.79 Å². The summed E-state index contributed by atoms with van der Waals surface area (Å²) in [5.41, 5.74) is 3.04. The third-order valence-electron chi connectivity index (χ3n) is 5.43. The maximum absolute atomic E-state index is 12.9. The van der Waals surface area contributed by atoms with Gasteiger partial charge in [-0.1, -0.05) is 49.4 Å². The predicted octanol–water partition coefficient (Wildman–Crippen LogP) is 2.63. The van der Waals surface area contributed by atoms with Crippen LogP contribution >= 0.6 is 0 Å². The molecule has 2 atom stereocenters. The molecule has 3 aromatic rings. The number of para-hydroxylation sites is 2. The Balaban J connectivity index is 1.71. The Bertz CT molecular complexity index is 914. The van der Waals surface area contributed by atoms with Crippen LogP contribution in [0.4, 0.5) is 0 Å². The number of carbonyl (C=O) groups excluding carboxylic acids is 1. The second-order valence-electron chi connectivity index (χ2n) is 7.08. The van der Waals surface area contributed by atoms with Gasteiger partial charge in [-0.2, -0.15) is 0 Å². The number of aromatic nitrogens is 2. The summed E-state index contributed by atoms with van der Waals surface area (Å²) in [5.74, 6) is 1.33. The Labute approximate surface area is 153 Å². The summed E-state index contributed by atoms with van der Waals surface area (Å²) in [7, 11) is 2.01. The van der Waals surface area contributed by atoms with Crippen molar-refractivity contribution >= 4 is 16.9 Å². The zero-order valence-corrected chi connectivity index (χ0v) is 15.1. The average molecular weight is 348 g/mol. The Morgan fingerprint density at radius 2 is 1.85 bits per heavy atom. The highest BCUT2D eigenvalue weighted by molar-refractivity contribution is 5.80. The summed E-state index contributed by atoms with van der Waals surface area (Å²) in [4.78, 5) is 17.7. The van der Waals surface area contributed by atoms with Crippen LogP contribution < -0.4 is 10.6 Å². The van der Waals surface area contributed by atoms with E-state index in [-0.39, 0.29) is 17.9 Å². The van der Waals surface area contributed by atoms with E-state index in [1.54, 1.807) is 0 Å². The van der Waals surface area contributed by atoms with Gasteiger partial charge in [0.15, 0.2) is 0 Å². The number of nitrogens with one attached hydrogen (secondary N) is 2. The minimum absolute atomic E-state index is 0.0165. The van der Waals surface area contributed by atoms with Crippen LogP contribution in [-0.2, 0) is 11.8 Å². The molecule has 0 saturated carbocycles. The molecule has 1 aromatic heterocycles. The summed E-state index contributed by atoms with van der Waals surface area (Å²) >= 11 is 0. The molecule has 1 fully saturated rings. The number of nitrogens with zero attached hydrogens (tertiary/aromatic N) is 2. The van der Waals surface area contributed by atoms with Crippen LogP contribution in [-0.4, -0.2) is 28.5 Å². The molecule has 0 bridgehead atoms. The van der Waals surface area contributed by atoms with E-state index in [9.17, 15) is 4.79 Å². The molecule has 26 heavy (non-hydrogen) atoms. The van der Waals surface area contributed by atoms with Gasteiger partial charge in [-0.25, -0.2) is 4.98 Å². The number of hydrogen-bond acceptors (Lipinski definition) is 3. The van der Waals surface area contributed by atoms with Gasteiger partial charge in [-0.15, -0.1) is 0 Å². The molecule has 1 saturated heterocycles. The van der Waals surface area contributed by atoms with Gasteiger partial charge >= 0.3 is 0 Å². The lowest BCUT2D eigenvalue weighted by molar-refractivity contribution is -0.127. The second-order valence-corrected chi connectivity index (χ2v) is 7.08. The van der Waals surface area contributed by atoms with Crippen molar-refractivity contribution in [2.75, 3.05) is 13.1 Å². The highest BCUT2D eigenvalue weighted by atomic mass is 16.2. The summed E-state index contributed by atoms with van der Waals surface area (Å²) in [6.07, 6.45) is 0. The van der Waals surface area contributed by atoms with Crippen LogP contribution in [0.5, 0.6) is 0 Å². The summed E-state index contributed by atoms with van der Waals surface area (Å²) in [6.45, 7) is 3.84. The summed E-state index contributed by atoms with van der Waals surface area (Å²) in [6, 6.07) is 17.9. The predicted molar refractivity (Wildman–Crippen MR) is 103 cm³/mol. The number of carbonyl (C=O) groups is 1. The molecule has 5 nitrogen and oxygen atoms in total. The molecule has 2 aromatic carbocycles. The first-order valence-corrected chi connectivity index (χ1v) is 9.12. The molecule has 0 radical (unpaired) electrons. The van der Waals surface area contributed by atoms with Crippen molar-refractivity contribution in [2.24, 2.45) is 18.9 Å². The maximum atomic E-state index is 12.9. The lowest BCUT2D eigenvalue weighted by atomic mass is 9.88. The van der Waals surface area contributed by atoms with Crippen molar-refractivity contribution in [1.29, 1.82) is 0 Å². The molecule has 0 aliphatic carbocycles. The van der Waals surface area contributed by atoms with E-state index in [1.165, 1.54) is 0 Å². The molecule has 1 aliphatic rings. The van der Waals surface area contributed by atoms with E-state index in [0.717, 1.165) is 35.5 Å². The van der Waals surface area contributed by atoms with Crippen molar-refractivity contribution in [3.8, 4) is 0 Å². The van der Waals surface area contributed by atoms with Crippen LogP contribution in [0.2, 0.25) is 0 Å². The highest BCUT2D eigenvalue weighted by Gasteiger charge is 2.31. The minimum atomic E-state index is -0.267. The normalized spacial score (nSPS) is 16.8. The fourth-order valence-corrected chi connectivity index (χ4v) is 3.52. The monoisotopic (exact) mass is 348 g/mol. The number of aryl methyl sites for hydroxylation is 1. The summed E-state index contributed by atoms with van der Waals surface area (Å²) in [5, 5.41) is 6.49. The van der Waals surface area contributed by atoms with E-state index < -0.39 is 0 Å². The molecule has 2 N–H and O–H groups in total. The molecule has 2 unspecified atom stereocenters. The van der Waals surface area contributed by atoms with Crippen molar-refractivity contribution in [1.82, 2.24) is 20.2 Å². The van der Waals surface area contributed by atoms with E-state index in [2.05, 4.69) is 21.3 Å². The fourth-order valence-electron chi connectivity index (χ4n) is 3.52. The third kappa shape index (κ3) is 2.99. The van der Waals surface area contributed by atoms with Crippen molar-refractivity contribution in [3.05, 3.63) is 66.0 Å². The summed E-state index contributed by atoms with van der Waals surface area (Å²) < 4.78 is 2.07. The molecule has 134 valence electrons. The van der Waals surface area contributed by atoms with Crippen LogP contribution in [0.1, 0.15) is 24.4 Å². The van der Waals surface area contributed by atoms with Gasteiger partial charge in [-0.05, 0) is 36.7 Å². The van der Waals surface area contributed by atoms with E-state index in [4.69, 9.17) is 4.98 Å². The SMILES string of the molecule is CC(C(=O)NC(c1ccccc1)c1nc2ccccc2n1C)C1CNC1. The van der Waals surface area contributed by atoms with E-state index in [1.807, 2.05) is 62.5 Å². The van der Waals surface area contributed by atoms with Crippen molar-refractivity contribution in [2.45, 2.75) is 13.0 Å². The smallest absolute Gasteiger partial charge is 0.224 e. The molecule has 0 spiro atoms. The van der Waals surface area contributed by atoms with Crippen molar-refractivity contribution in [3.63, 3.8) is 0 Å². The van der Waals surface area contributed by atoms with E-state index >= 15 is 0 Å². The van der Waals surface area contributed by atoms with Gasteiger partial charge in [0.05, 0.1) is 11.0 Å². The van der Waals surface area contributed by atoms with Gasteiger partial charge < -0.3 is 15.2 Å². The average Bonchev–Trinajstić information content (AvgIpc) is 2.95. The molecular formula is C21H24N4O. The first-order chi connectivity index (χ1) is 12.6. The van der Waals surface area contributed by atoms with E-state index in [0.29, 0.717) is 5.92 Å². The lowest BCUT2D eigenvalue weighted by Gasteiger charge is -2.32. The van der Waals surface area contributed by atoms with Crippen LogP contribution in [0.25, 0.3) is 11.0 Å². The van der Waals surface area contributed by atoms with Gasteiger partial charge in [0, 0.05) is 13.0 Å². The van der Waals surface area contributed by atoms with Gasteiger partial charge in [-0.3, -0.25) is 4.79 Å². The molecular weight excluding hydrogens is 324 g/mol. The standard InChI is InChI=1S/C21H24N4O/c1-14(16-12-22-13-16)21(26)24-19(15-8-4-3-5-9-15)20-23-17-10-6-7-11-18(17)25(20)2/h3-11,14,16,19,22H,12-13H2,1-2H3,(H,24,26). The Morgan fingerprint density at radius 1 is 1.15 bits per heavy atom. The molecule has 2 heterocycles. The van der Waals surface area contributed by atoms with Crippen LogP contribution in [0.3, 0.4) is 0 Å². The van der Waals surface area contributed by atoms with Crippen LogP contribution in [0.15, 0.2) is 54.6 Å². The number of imidazole rings is 1. The first kappa shape index (κ1) is 16.8. The lowest BCUT2D eigenvalue weighted by Crippen LogP contribution is -2.50. The second kappa shape index (κ2) is 6.92. The Morgan fingerprint density at radius 3 is 2.50 bits per heavy atom. The molecule has 5 heteroatoms. The number of benzene rings is 2. The largest absolute Gasteiger partial charge is 0.342 e. The van der Waals surface area contributed by atoms with Gasteiger partial charge in [0.25, 0.3) is 0 Å². The molecule has 4 rings (SSSR count). The number of fused-ring (bicyclic) bond motifs is 1. The topological polar surface area (TPSA) is 59.0 Å². The number of rotatable bonds is 5. The number of amides is 1. The Hall–Kier alpha value is -2.66. The van der Waals surface area contributed by atoms with Gasteiger partial charge in [0.2, 0.25) is 5.91 Å². The first-order valence-electron chi connectivity index (χ1n) is 9.12. The third-order valence-corrected chi connectivity index (χ3v) is 5.43. The zero-order chi connectivity index (χ0) is 18.1. The molecule has 1 aliphatic heterocycles. The Kier molecular flexibility index (Phi) is 4.47. The molecule has 1 amide bonds. The fraction of sp³-hybridized carbons (Fsp3) is 0.333.